The van der Waals surface area contributed by atoms with E-state index in [-0.39, 0.29) is 5.69 Å². The number of hydrogen-bond acceptors (Lipinski definition) is 1. The second-order valence-corrected chi connectivity index (χ2v) is 3.98. The minimum Gasteiger partial charge on any atom is -0.317 e. The number of halogens is 5. The van der Waals surface area contributed by atoms with Crippen molar-refractivity contribution in [3.05, 3.63) is 28.8 Å². The van der Waals surface area contributed by atoms with Crippen molar-refractivity contribution >= 4 is 43.8 Å². The van der Waals surface area contributed by atoms with E-state index in [1.165, 1.54) is 28.7 Å². The summed E-state index contributed by atoms with van der Waals surface area (Å²) in [7, 11) is 0. The summed E-state index contributed by atoms with van der Waals surface area (Å²) in [6.45, 7) is 0. The largest absolute Gasteiger partial charge is 0.417 e. The third-order valence-electron chi connectivity index (χ3n) is 1.51. The molecule has 0 atom stereocenters. The van der Waals surface area contributed by atoms with Gasteiger partial charge in [0.05, 0.1) is 10.6 Å². The lowest BCUT2D eigenvalue weighted by Gasteiger charge is -2.10. The van der Waals surface area contributed by atoms with Crippen LogP contribution >= 0.6 is 34.2 Å². The zero-order valence-corrected chi connectivity index (χ0v) is 9.94. The SMILES string of the molecule is O=C(I)Nc1ccc(Cl)c(C(F)(F)F)c1. The van der Waals surface area contributed by atoms with Gasteiger partial charge in [0.2, 0.25) is 0 Å². The molecule has 1 amide bonds. The van der Waals surface area contributed by atoms with Crippen LogP contribution in [0.5, 0.6) is 0 Å². The zero-order chi connectivity index (χ0) is 11.6. The highest BCUT2D eigenvalue weighted by Crippen LogP contribution is 2.36. The Hall–Kier alpha value is -0.500. The van der Waals surface area contributed by atoms with Gasteiger partial charge in [-0.2, -0.15) is 13.2 Å². The van der Waals surface area contributed by atoms with Crippen molar-refractivity contribution < 1.29 is 18.0 Å². The van der Waals surface area contributed by atoms with Crippen LogP contribution in [0, 0.1) is 0 Å². The average Bonchev–Trinajstić information content (AvgIpc) is 2.05. The summed E-state index contributed by atoms with van der Waals surface area (Å²) in [6, 6.07) is 3.18. The van der Waals surface area contributed by atoms with Gasteiger partial charge < -0.3 is 5.32 Å². The molecule has 0 aromatic heterocycles. The fourth-order valence-corrected chi connectivity index (χ4v) is 1.47. The Kier molecular flexibility index (Phi) is 3.82. The maximum atomic E-state index is 12.4. The molecule has 0 bridgehead atoms. The molecule has 0 saturated carbocycles. The van der Waals surface area contributed by atoms with Gasteiger partial charge in [0, 0.05) is 28.3 Å². The van der Waals surface area contributed by atoms with E-state index in [4.69, 9.17) is 11.6 Å². The van der Waals surface area contributed by atoms with Gasteiger partial charge in [-0.05, 0) is 18.2 Å². The first-order valence-electron chi connectivity index (χ1n) is 3.64. The highest BCUT2D eigenvalue weighted by molar-refractivity contribution is 14.1. The highest BCUT2D eigenvalue weighted by atomic mass is 127. The van der Waals surface area contributed by atoms with Crippen LogP contribution in [0.1, 0.15) is 5.56 Å². The van der Waals surface area contributed by atoms with E-state index in [9.17, 15) is 18.0 Å². The van der Waals surface area contributed by atoms with Gasteiger partial charge in [-0.1, -0.05) is 11.6 Å². The van der Waals surface area contributed by atoms with Crippen molar-refractivity contribution in [2.24, 2.45) is 0 Å². The molecule has 15 heavy (non-hydrogen) atoms. The lowest BCUT2D eigenvalue weighted by Crippen LogP contribution is -2.08. The first kappa shape index (κ1) is 12.6. The molecule has 1 rings (SSSR count). The lowest BCUT2D eigenvalue weighted by molar-refractivity contribution is -0.137. The van der Waals surface area contributed by atoms with Gasteiger partial charge in [-0.3, -0.25) is 4.79 Å². The average molecular weight is 349 g/mol. The van der Waals surface area contributed by atoms with Crippen LogP contribution in [-0.4, -0.2) is 3.91 Å². The van der Waals surface area contributed by atoms with E-state index in [0.29, 0.717) is 0 Å². The molecule has 0 aliphatic heterocycles. The predicted octanol–water partition coefficient (Wildman–Crippen LogP) is 4.33. The molecular formula is C8H4ClF3INO. The summed E-state index contributed by atoms with van der Waals surface area (Å²) in [5.41, 5.74) is -0.905. The van der Waals surface area contributed by atoms with Crippen molar-refractivity contribution in [3.8, 4) is 0 Å². The van der Waals surface area contributed by atoms with Gasteiger partial charge in [0.25, 0.3) is 3.91 Å². The first-order valence-corrected chi connectivity index (χ1v) is 5.09. The summed E-state index contributed by atoms with van der Waals surface area (Å²) < 4.78 is 36.6. The Bertz CT molecular complexity index is 394. The molecule has 7 heteroatoms. The van der Waals surface area contributed by atoms with Gasteiger partial charge >= 0.3 is 6.18 Å². The number of rotatable bonds is 1. The maximum Gasteiger partial charge on any atom is 0.417 e. The summed E-state index contributed by atoms with van der Waals surface area (Å²) in [5, 5.41) is 1.84. The molecule has 82 valence electrons. The molecule has 2 nitrogen and oxygen atoms in total. The summed E-state index contributed by atoms with van der Waals surface area (Å²) in [6.07, 6.45) is -4.52. The normalized spacial score (nSPS) is 11.3. The molecule has 1 aromatic rings. The topological polar surface area (TPSA) is 29.1 Å². The second kappa shape index (κ2) is 4.56. The van der Waals surface area contributed by atoms with Crippen molar-refractivity contribution in [2.45, 2.75) is 6.18 Å². The van der Waals surface area contributed by atoms with Crippen LogP contribution in [0.15, 0.2) is 18.2 Å². The van der Waals surface area contributed by atoms with Crippen molar-refractivity contribution in [2.75, 3.05) is 5.32 Å². The fourth-order valence-electron chi connectivity index (χ4n) is 0.934. The Labute approximate surface area is 102 Å². The third kappa shape index (κ3) is 3.53. The Morgan fingerprint density at radius 2 is 2.00 bits per heavy atom. The number of benzene rings is 1. The molecule has 0 aliphatic carbocycles. The fraction of sp³-hybridized carbons (Fsp3) is 0.125. The van der Waals surface area contributed by atoms with Crippen molar-refractivity contribution in [1.29, 1.82) is 0 Å². The minimum absolute atomic E-state index is 0.0612. The number of anilines is 1. The molecule has 1 aromatic carbocycles. The predicted molar refractivity (Wildman–Crippen MR) is 59.5 cm³/mol. The smallest absolute Gasteiger partial charge is 0.317 e. The van der Waals surface area contributed by atoms with E-state index in [0.717, 1.165) is 12.1 Å². The van der Waals surface area contributed by atoms with Crippen LogP contribution in [-0.2, 0) is 6.18 Å². The summed E-state index contributed by atoms with van der Waals surface area (Å²) in [5.74, 6) is 0. The number of nitrogens with one attached hydrogen (secondary N) is 1. The Balaban J connectivity index is 3.11. The van der Waals surface area contributed by atoms with E-state index in [1.54, 1.807) is 0 Å². The quantitative estimate of drug-likeness (QED) is 0.456. The van der Waals surface area contributed by atoms with Gasteiger partial charge in [0.15, 0.2) is 0 Å². The van der Waals surface area contributed by atoms with Crippen LogP contribution in [0.3, 0.4) is 0 Å². The molecule has 1 N–H and O–H groups in total. The van der Waals surface area contributed by atoms with E-state index < -0.39 is 20.7 Å². The minimum atomic E-state index is -4.52. The zero-order valence-electron chi connectivity index (χ0n) is 7.03. The van der Waals surface area contributed by atoms with E-state index >= 15 is 0 Å². The Morgan fingerprint density at radius 1 is 1.40 bits per heavy atom. The number of alkyl halides is 3. The van der Waals surface area contributed by atoms with Crippen molar-refractivity contribution in [3.63, 3.8) is 0 Å². The molecule has 0 radical (unpaired) electrons. The third-order valence-corrected chi connectivity index (χ3v) is 2.11. The lowest BCUT2D eigenvalue weighted by atomic mass is 10.2. The van der Waals surface area contributed by atoms with E-state index in [1.807, 2.05) is 0 Å². The molecule has 0 heterocycles. The molecule has 0 saturated heterocycles. The number of carbonyl (C=O) groups excluding carboxylic acids is 1. The molecule has 0 unspecified atom stereocenters. The molecule has 0 fully saturated rings. The Morgan fingerprint density at radius 3 is 2.47 bits per heavy atom. The molecule has 0 aliphatic rings. The van der Waals surface area contributed by atoms with Crippen LogP contribution < -0.4 is 5.32 Å². The standard InChI is InChI=1S/C8H4ClF3INO/c9-6-2-1-4(14-7(13)15)3-5(6)8(10,11)12/h1-3H,(H,14,15). The summed E-state index contributed by atoms with van der Waals surface area (Å²) >= 11 is 6.81. The number of amides is 1. The monoisotopic (exact) mass is 349 g/mol. The van der Waals surface area contributed by atoms with Crippen molar-refractivity contribution in [1.82, 2.24) is 0 Å². The maximum absolute atomic E-state index is 12.4. The number of hydrogen-bond donors (Lipinski definition) is 1. The number of carbonyl (C=O) groups is 1. The summed E-state index contributed by atoms with van der Waals surface area (Å²) in [4.78, 5) is 10.6. The van der Waals surface area contributed by atoms with Gasteiger partial charge in [-0.15, -0.1) is 0 Å². The highest BCUT2D eigenvalue weighted by Gasteiger charge is 2.33. The van der Waals surface area contributed by atoms with Gasteiger partial charge in [-0.25, -0.2) is 0 Å². The van der Waals surface area contributed by atoms with Crippen LogP contribution in [0.4, 0.5) is 23.7 Å². The van der Waals surface area contributed by atoms with Gasteiger partial charge in [0.1, 0.15) is 0 Å². The van der Waals surface area contributed by atoms with Crippen LogP contribution in [0.25, 0.3) is 0 Å². The molecular weight excluding hydrogens is 345 g/mol. The van der Waals surface area contributed by atoms with E-state index in [2.05, 4.69) is 5.32 Å². The van der Waals surface area contributed by atoms with Crippen LogP contribution in [0.2, 0.25) is 5.02 Å². The second-order valence-electron chi connectivity index (χ2n) is 2.59. The molecule has 0 spiro atoms. The first-order chi connectivity index (χ1) is 6.80.